The minimum Gasteiger partial charge on any atom is -0.481 e. The van der Waals surface area contributed by atoms with Crippen LogP contribution in [-0.4, -0.2) is 65.5 Å². The Bertz CT molecular complexity index is 585. The summed E-state index contributed by atoms with van der Waals surface area (Å²) in [6.07, 6.45) is -2.80. The Hall–Kier alpha value is -1.33. The van der Waals surface area contributed by atoms with Gasteiger partial charge >= 0.3 is 13.8 Å². The lowest BCUT2D eigenvalue weighted by molar-refractivity contribution is -0.136. The molecule has 22 heavy (non-hydrogen) atoms. The van der Waals surface area contributed by atoms with Crippen LogP contribution in [0.4, 0.5) is 0 Å². The number of hydrogen-bond donors (Lipinski definition) is 5. The molecule has 124 valence electrons. The summed E-state index contributed by atoms with van der Waals surface area (Å²) >= 11 is 0. The number of hydrogen-bond acceptors (Lipinski definition) is 7. The highest BCUT2D eigenvalue weighted by atomic mass is 31.2. The smallest absolute Gasteiger partial charge is 0.469 e. The number of nitrogens with zero attached hydrogens (tertiary/aromatic N) is 2. The zero-order valence-electron chi connectivity index (χ0n) is 11.1. The van der Waals surface area contributed by atoms with Crippen molar-refractivity contribution in [1.29, 1.82) is 0 Å². The van der Waals surface area contributed by atoms with Gasteiger partial charge in [0.05, 0.1) is 25.0 Å². The first kappa shape index (κ1) is 17.0. The largest absolute Gasteiger partial charge is 0.481 e. The number of carboxylic acids is 1. The molecule has 0 amide bonds. The third-order valence-corrected chi connectivity index (χ3v) is 3.51. The predicted molar refractivity (Wildman–Crippen MR) is 67.5 cm³/mol. The van der Waals surface area contributed by atoms with E-state index < -0.39 is 44.9 Å². The molecule has 0 spiro atoms. The number of carbonyl (C=O) groups is 1. The van der Waals surface area contributed by atoms with Gasteiger partial charge in [-0.1, -0.05) is 0 Å². The van der Waals surface area contributed by atoms with Crippen LogP contribution in [0.1, 0.15) is 11.9 Å². The Kier molecular flexibility index (Phi) is 4.97. The number of imidazole rings is 1. The van der Waals surface area contributed by atoms with Gasteiger partial charge in [0, 0.05) is 6.20 Å². The standard InChI is InChI=1S/C10H15N2O9P/c13-7(14)1-5-2-12(4-11-5)10-9(16)8(15)6(21-10)3-20-22(17,18)19/h2,4,6,8-10,15-16H,1,3H2,(H,13,14)(H2,17,18,19)/t6-,8-,9-,10?/m1/s1. The molecule has 12 heteroatoms. The molecule has 5 N–H and O–H groups in total. The highest BCUT2D eigenvalue weighted by molar-refractivity contribution is 7.46. The van der Waals surface area contributed by atoms with Crippen LogP contribution in [0.5, 0.6) is 0 Å². The Morgan fingerprint density at radius 3 is 2.68 bits per heavy atom. The number of ether oxygens (including phenoxy) is 1. The summed E-state index contributed by atoms with van der Waals surface area (Å²) in [6, 6.07) is 0. The molecule has 1 unspecified atom stereocenters. The highest BCUT2D eigenvalue weighted by Crippen LogP contribution is 2.38. The molecule has 0 radical (unpaired) electrons. The van der Waals surface area contributed by atoms with Crippen LogP contribution in [-0.2, 0) is 25.0 Å². The van der Waals surface area contributed by atoms with Crippen LogP contribution in [0.3, 0.4) is 0 Å². The van der Waals surface area contributed by atoms with Crippen LogP contribution in [0.2, 0.25) is 0 Å². The second kappa shape index (κ2) is 6.42. The molecule has 0 aromatic carbocycles. The molecule has 1 saturated heterocycles. The Labute approximate surface area is 124 Å². The fourth-order valence-electron chi connectivity index (χ4n) is 2.05. The lowest BCUT2D eigenvalue weighted by atomic mass is 10.1. The van der Waals surface area contributed by atoms with E-state index in [1.807, 2.05) is 0 Å². The Morgan fingerprint density at radius 1 is 1.41 bits per heavy atom. The van der Waals surface area contributed by atoms with E-state index in [9.17, 15) is 19.6 Å². The zero-order chi connectivity index (χ0) is 16.5. The van der Waals surface area contributed by atoms with E-state index >= 15 is 0 Å². The first-order valence-electron chi connectivity index (χ1n) is 6.13. The van der Waals surface area contributed by atoms with Crippen LogP contribution >= 0.6 is 7.82 Å². The Balaban J connectivity index is 2.04. The van der Waals surface area contributed by atoms with Gasteiger partial charge < -0.3 is 34.4 Å². The van der Waals surface area contributed by atoms with Gasteiger partial charge in [0.15, 0.2) is 6.23 Å². The average Bonchev–Trinajstić information content (AvgIpc) is 2.93. The lowest BCUT2D eigenvalue weighted by Gasteiger charge is -2.15. The molecule has 1 aliphatic heterocycles. The number of aliphatic hydroxyl groups is 2. The average molecular weight is 338 g/mol. The van der Waals surface area contributed by atoms with Crippen molar-refractivity contribution in [3.63, 3.8) is 0 Å². The molecule has 1 fully saturated rings. The minimum absolute atomic E-state index is 0.229. The molecule has 1 aromatic heterocycles. The van der Waals surface area contributed by atoms with E-state index in [0.29, 0.717) is 0 Å². The summed E-state index contributed by atoms with van der Waals surface area (Å²) in [4.78, 5) is 31.6. The van der Waals surface area contributed by atoms with Crippen molar-refractivity contribution in [3.05, 3.63) is 18.2 Å². The van der Waals surface area contributed by atoms with Crippen LogP contribution in [0, 0.1) is 0 Å². The topological polar surface area (TPSA) is 172 Å². The monoisotopic (exact) mass is 338 g/mol. The summed E-state index contributed by atoms with van der Waals surface area (Å²) in [5, 5.41) is 28.4. The SMILES string of the molecule is O=C(O)Cc1cn(C2O[C@H](COP(=O)(O)O)[C@@H](O)[C@H]2O)cn1. The maximum Gasteiger partial charge on any atom is 0.469 e. The molecule has 2 heterocycles. The van der Waals surface area contributed by atoms with Crippen molar-refractivity contribution >= 4 is 13.8 Å². The van der Waals surface area contributed by atoms with Crippen molar-refractivity contribution < 1.29 is 43.7 Å². The molecule has 1 aromatic rings. The first-order valence-corrected chi connectivity index (χ1v) is 7.66. The van der Waals surface area contributed by atoms with E-state index in [0.717, 1.165) is 0 Å². The van der Waals surface area contributed by atoms with Gasteiger partial charge in [0.2, 0.25) is 0 Å². The van der Waals surface area contributed by atoms with Gasteiger partial charge in [-0.05, 0) is 0 Å². The van der Waals surface area contributed by atoms with Gasteiger partial charge in [-0.3, -0.25) is 9.32 Å². The van der Waals surface area contributed by atoms with Crippen molar-refractivity contribution in [1.82, 2.24) is 9.55 Å². The number of aromatic nitrogens is 2. The molecule has 11 nitrogen and oxygen atoms in total. The zero-order valence-corrected chi connectivity index (χ0v) is 12.0. The predicted octanol–water partition coefficient (Wildman–Crippen LogP) is -1.76. The van der Waals surface area contributed by atoms with Crippen molar-refractivity contribution in [2.45, 2.75) is 31.0 Å². The number of aliphatic hydroxyl groups excluding tert-OH is 2. The quantitative estimate of drug-likeness (QED) is 0.374. The minimum atomic E-state index is -4.73. The summed E-state index contributed by atoms with van der Waals surface area (Å²) in [6.45, 7) is -0.615. The van der Waals surface area contributed by atoms with E-state index in [1.165, 1.54) is 17.1 Å². The normalized spacial score (nSPS) is 28.9. The second-order valence-corrected chi connectivity index (χ2v) is 5.95. The van der Waals surface area contributed by atoms with E-state index in [4.69, 9.17) is 19.6 Å². The summed E-state index contributed by atoms with van der Waals surface area (Å²) in [5.74, 6) is -1.08. The third-order valence-electron chi connectivity index (χ3n) is 3.03. The van der Waals surface area contributed by atoms with Gasteiger partial charge in [0.1, 0.15) is 18.3 Å². The van der Waals surface area contributed by atoms with Gasteiger partial charge in [-0.2, -0.15) is 0 Å². The summed E-state index contributed by atoms with van der Waals surface area (Å²) < 4.78 is 21.4. The molecule has 0 saturated carbocycles. The van der Waals surface area contributed by atoms with E-state index in [1.54, 1.807) is 0 Å². The molecule has 1 aliphatic rings. The molecular weight excluding hydrogens is 323 g/mol. The van der Waals surface area contributed by atoms with Gasteiger partial charge in [-0.15, -0.1) is 0 Å². The van der Waals surface area contributed by atoms with Gasteiger partial charge in [0.25, 0.3) is 0 Å². The van der Waals surface area contributed by atoms with E-state index in [2.05, 4.69) is 9.51 Å². The fourth-order valence-corrected chi connectivity index (χ4v) is 2.39. The van der Waals surface area contributed by atoms with Crippen molar-refractivity contribution in [2.24, 2.45) is 0 Å². The molecule has 0 bridgehead atoms. The number of aliphatic carboxylic acids is 1. The molecular formula is C10H15N2O9P. The number of rotatable bonds is 6. The number of phosphoric ester groups is 1. The lowest BCUT2D eigenvalue weighted by Crippen LogP contribution is -2.33. The maximum absolute atomic E-state index is 10.6. The molecule has 2 rings (SSSR count). The van der Waals surface area contributed by atoms with Crippen molar-refractivity contribution in [3.8, 4) is 0 Å². The summed E-state index contributed by atoms with van der Waals surface area (Å²) in [7, 11) is -4.73. The summed E-state index contributed by atoms with van der Waals surface area (Å²) in [5.41, 5.74) is 0.229. The third kappa shape index (κ3) is 4.11. The highest BCUT2D eigenvalue weighted by Gasteiger charge is 2.44. The Morgan fingerprint density at radius 2 is 2.09 bits per heavy atom. The van der Waals surface area contributed by atoms with Crippen molar-refractivity contribution in [2.75, 3.05) is 6.61 Å². The van der Waals surface area contributed by atoms with E-state index in [-0.39, 0.29) is 12.1 Å². The number of carboxylic acid groups (broad SMARTS) is 1. The fraction of sp³-hybridized carbons (Fsp3) is 0.600. The maximum atomic E-state index is 10.6. The van der Waals surface area contributed by atoms with Gasteiger partial charge in [-0.25, -0.2) is 9.55 Å². The van der Waals surface area contributed by atoms with Crippen LogP contribution in [0.15, 0.2) is 12.5 Å². The van der Waals surface area contributed by atoms with Crippen LogP contribution in [0.25, 0.3) is 0 Å². The molecule has 4 atom stereocenters. The number of phosphoric acid groups is 1. The first-order chi connectivity index (χ1) is 10.2. The van der Waals surface area contributed by atoms with Crippen LogP contribution < -0.4 is 0 Å². The molecule has 0 aliphatic carbocycles. The second-order valence-electron chi connectivity index (χ2n) is 4.72.